The Morgan fingerprint density at radius 3 is 3.06 bits per heavy atom. The zero-order chi connectivity index (χ0) is 12.3. The zero-order valence-electron chi connectivity index (χ0n) is 9.98. The monoisotopic (exact) mass is 250 g/mol. The van der Waals surface area contributed by atoms with Crippen LogP contribution in [0.4, 0.5) is 5.69 Å². The Kier molecular flexibility index (Phi) is 4.07. The summed E-state index contributed by atoms with van der Waals surface area (Å²) in [5.74, 6) is 0.111. The minimum absolute atomic E-state index is 0.0148. The lowest BCUT2D eigenvalue weighted by Crippen LogP contribution is -2.27. The molecule has 0 aliphatic carbocycles. The van der Waals surface area contributed by atoms with E-state index in [2.05, 4.69) is 18.3 Å². The van der Waals surface area contributed by atoms with E-state index in [1.54, 1.807) is 11.8 Å². The number of benzene rings is 1. The van der Waals surface area contributed by atoms with Crippen molar-refractivity contribution in [3.05, 3.63) is 29.8 Å². The number of nitrogens with two attached hydrogens (primary N) is 1. The van der Waals surface area contributed by atoms with E-state index in [-0.39, 0.29) is 11.2 Å². The van der Waals surface area contributed by atoms with Gasteiger partial charge in [-0.3, -0.25) is 4.79 Å². The largest absolute Gasteiger partial charge is 0.329 e. The molecule has 2 rings (SSSR count). The summed E-state index contributed by atoms with van der Waals surface area (Å²) < 4.78 is 0. The molecule has 1 aromatic carbocycles. The first-order valence-corrected chi connectivity index (χ1v) is 6.89. The standard InChI is InChI=1S/C13H18N2OS/c1-9(8-14)17-12-7-6-10-4-2-3-5-11(10)15-13(12)16/h2-5,9,12H,6-8,14H2,1H3,(H,15,16). The molecule has 92 valence electrons. The van der Waals surface area contributed by atoms with E-state index in [1.807, 2.05) is 18.2 Å². The molecule has 1 heterocycles. The van der Waals surface area contributed by atoms with E-state index in [9.17, 15) is 4.79 Å². The molecule has 1 aliphatic heterocycles. The topological polar surface area (TPSA) is 55.1 Å². The van der Waals surface area contributed by atoms with Crippen molar-refractivity contribution in [3.63, 3.8) is 0 Å². The molecule has 4 heteroatoms. The van der Waals surface area contributed by atoms with Gasteiger partial charge in [-0.15, -0.1) is 11.8 Å². The number of anilines is 1. The summed E-state index contributed by atoms with van der Waals surface area (Å²) >= 11 is 1.68. The van der Waals surface area contributed by atoms with Crippen molar-refractivity contribution in [3.8, 4) is 0 Å². The van der Waals surface area contributed by atoms with Crippen LogP contribution in [0.15, 0.2) is 24.3 Å². The second-order valence-electron chi connectivity index (χ2n) is 4.36. The number of aryl methyl sites for hydroxylation is 1. The highest BCUT2D eigenvalue weighted by atomic mass is 32.2. The number of hydrogen-bond acceptors (Lipinski definition) is 3. The van der Waals surface area contributed by atoms with E-state index >= 15 is 0 Å². The third-order valence-electron chi connectivity index (χ3n) is 2.97. The molecule has 2 atom stereocenters. The Morgan fingerprint density at radius 1 is 1.53 bits per heavy atom. The van der Waals surface area contributed by atoms with Crippen molar-refractivity contribution in [2.24, 2.45) is 5.73 Å². The van der Waals surface area contributed by atoms with Crippen molar-refractivity contribution in [1.29, 1.82) is 0 Å². The molecule has 2 unspecified atom stereocenters. The van der Waals surface area contributed by atoms with E-state index in [0.717, 1.165) is 18.5 Å². The van der Waals surface area contributed by atoms with Crippen LogP contribution in [0.3, 0.4) is 0 Å². The molecule has 0 fully saturated rings. The Morgan fingerprint density at radius 2 is 2.29 bits per heavy atom. The predicted octanol–water partition coefficient (Wildman–Crippen LogP) is 2.02. The van der Waals surface area contributed by atoms with Crippen molar-refractivity contribution >= 4 is 23.4 Å². The molecule has 0 spiro atoms. The number of rotatable bonds is 3. The molecule has 3 N–H and O–H groups in total. The van der Waals surface area contributed by atoms with Gasteiger partial charge in [0.25, 0.3) is 0 Å². The van der Waals surface area contributed by atoms with Crippen molar-refractivity contribution in [1.82, 2.24) is 0 Å². The average molecular weight is 250 g/mol. The Balaban J connectivity index is 2.10. The Labute approximate surface area is 106 Å². The number of nitrogens with one attached hydrogen (secondary N) is 1. The van der Waals surface area contributed by atoms with Crippen LogP contribution in [0, 0.1) is 0 Å². The molecule has 1 aliphatic rings. The highest BCUT2D eigenvalue weighted by Crippen LogP contribution is 2.28. The lowest BCUT2D eigenvalue weighted by atomic mass is 10.1. The number of thioether (sulfide) groups is 1. The second kappa shape index (κ2) is 5.56. The van der Waals surface area contributed by atoms with Crippen LogP contribution < -0.4 is 11.1 Å². The molecule has 17 heavy (non-hydrogen) atoms. The van der Waals surface area contributed by atoms with Gasteiger partial charge in [-0.1, -0.05) is 25.1 Å². The normalized spacial score (nSPS) is 21.3. The SMILES string of the molecule is CC(CN)SC1CCc2ccccc2NC1=O. The number of fused-ring (bicyclic) bond motifs is 1. The molecule has 1 amide bonds. The fourth-order valence-electron chi connectivity index (χ4n) is 1.96. The molecule has 0 aromatic heterocycles. The van der Waals surface area contributed by atoms with Crippen molar-refractivity contribution in [2.75, 3.05) is 11.9 Å². The molecule has 0 radical (unpaired) electrons. The van der Waals surface area contributed by atoms with Crippen LogP contribution in [-0.2, 0) is 11.2 Å². The van der Waals surface area contributed by atoms with Crippen LogP contribution in [0.2, 0.25) is 0 Å². The minimum Gasteiger partial charge on any atom is -0.329 e. The van der Waals surface area contributed by atoms with E-state index in [4.69, 9.17) is 5.73 Å². The minimum atomic E-state index is 0.0148. The van der Waals surface area contributed by atoms with Gasteiger partial charge in [-0.2, -0.15) is 0 Å². The first kappa shape index (κ1) is 12.5. The molecule has 3 nitrogen and oxygen atoms in total. The number of hydrogen-bond donors (Lipinski definition) is 2. The van der Waals surface area contributed by atoms with Gasteiger partial charge < -0.3 is 11.1 Å². The van der Waals surface area contributed by atoms with E-state index in [0.29, 0.717) is 11.8 Å². The molecular formula is C13H18N2OS. The molecular weight excluding hydrogens is 232 g/mol. The van der Waals surface area contributed by atoms with E-state index in [1.165, 1.54) is 5.56 Å². The number of para-hydroxylation sites is 1. The first-order valence-electron chi connectivity index (χ1n) is 5.95. The summed E-state index contributed by atoms with van der Waals surface area (Å²) in [6.07, 6.45) is 1.84. The van der Waals surface area contributed by atoms with Gasteiger partial charge in [0.15, 0.2) is 0 Å². The summed E-state index contributed by atoms with van der Waals surface area (Å²) in [5, 5.41) is 3.34. The fourth-order valence-corrected chi connectivity index (χ4v) is 3.07. The maximum atomic E-state index is 12.1. The molecule has 0 bridgehead atoms. The summed E-state index contributed by atoms with van der Waals surface area (Å²) in [6.45, 7) is 2.68. The maximum Gasteiger partial charge on any atom is 0.237 e. The van der Waals surface area contributed by atoms with Gasteiger partial charge in [0.05, 0.1) is 5.25 Å². The molecule has 1 aromatic rings. The van der Waals surface area contributed by atoms with Crippen molar-refractivity contribution < 1.29 is 4.79 Å². The average Bonchev–Trinajstić information content (AvgIpc) is 2.49. The zero-order valence-corrected chi connectivity index (χ0v) is 10.8. The van der Waals surface area contributed by atoms with Crippen LogP contribution in [0.5, 0.6) is 0 Å². The van der Waals surface area contributed by atoms with Crippen molar-refractivity contribution in [2.45, 2.75) is 30.3 Å². The Hall–Kier alpha value is -1.00. The number of amides is 1. The highest BCUT2D eigenvalue weighted by Gasteiger charge is 2.25. The van der Waals surface area contributed by atoms with Crippen LogP contribution >= 0.6 is 11.8 Å². The highest BCUT2D eigenvalue weighted by molar-refractivity contribution is 8.01. The van der Waals surface area contributed by atoms with Gasteiger partial charge in [-0.25, -0.2) is 0 Å². The fraction of sp³-hybridized carbons (Fsp3) is 0.462. The van der Waals surface area contributed by atoms with Crippen LogP contribution in [-0.4, -0.2) is 23.0 Å². The lowest BCUT2D eigenvalue weighted by Gasteiger charge is -2.16. The Bertz CT molecular complexity index is 408. The van der Waals surface area contributed by atoms with Gasteiger partial charge in [0.1, 0.15) is 0 Å². The third-order valence-corrected chi connectivity index (χ3v) is 4.41. The summed E-state index contributed by atoms with van der Waals surface area (Å²) in [4.78, 5) is 12.1. The summed E-state index contributed by atoms with van der Waals surface area (Å²) in [6, 6.07) is 8.01. The maximum absolute atomic E-state index is 12.1. The second-order valence-corrected chi connectivity index (χ2v) is 6.00. The van der Waals surface area contributed by atoms with Gasteiger partial charge in [0.2, 0.25) is 5.91 Å². The van der Waals surface area contributed by atoms with Gasteiger partial charge in [-0.05, 0) is 24.5 Å². The van der Waals surface area contributed by atoms with Gasteiger partial charge in [0, 0.05) is 17.5 Å². The first-order chi connectivity index (χ1) is 8.20. The summed E-state index contributed by atoms with van der Waals surface area (Å²) in [7, 11) is 0. The lowest BCUT2D eigenvalue weighted by molar-refractivity contribution is -0.115. The predicted molar refractivity (Wildman–Crippen MR) is 73.3 cm³/mol. The third kappa shape index (κ3) is 3.01. The quantitative estimate of drug-likeness (QED) is 0.863. The van der Waals surface area contributed by atoms with E-state index < -0.39 is 0 Å². The van der Waals surface area contributed by atoms with Crippen LogP contribution in [0.1, 0.15) is 18.9 Å². The molecule has 0 saturated carbocycles. The smallest absolute Gasteiger partial charge is 0.237 e. The van der Waals surface area contributed by atoms with Gasteiger partial charge >= 0.3 is 0 Å². The molecule has 0 saturated heterocycles. The van der Waals surface area contributed by atoms with Crippen LogP contribution in [0.25, 0.3) is 0 Å². The summed E-state index contributed by atoms with van der Waals surface area (Å²) in [5.41, 5.74) is 7.79. The number of carbonyl (C=O) groups is 1. The number of carbonyl (C=O) groups excluding carboxylic acids is 1.